The Morgan fingerprint density at radius 1 is 0.868 bits per heavy atom. The van der Waals surface area contributed by atoms with Crippen molar-refractivity contribution in [1.29, 1.82) is 0 Å². The first-order valence-corrected chi connectivity index (χ1v) is 14.0. The van der Waals surface area contributed by atoms with Crippen LogP contribution in [0.3, 0.4) is 0 Å². The zero-order valence-corrected chi connectivity index (χ0v) is 23.5. The normalized spacial score (nSPS) is 15.4. The zero-order valence-electron chi connectivity index (χ0n) is 20.4. The molecule has 1 aliphatic rings. The standard InChI is InChI=1S/C31H24BrClN2O2S/c32-26-14-15-28(37-21-24-12-7-13-27(33)16-24)25(17-26)18-29-30(36)35(20-23-10-5-2-6-11-23)31(38-29)34-19-22-8-3-1-4-9-22/h1-18H,19-21H2/b29-18+,34-31?. The molecule has 7 heteroatoms. The van der Waals surface area contributed by atoms with Gasteiger partial charge in [0.2, 0.25) is 0 Å². The summed E-state index contributed by atoms with van der Waals surface area (Å²) in [5.41, 5.74) is 3.91. The van der Waals surface area contributed by atoms with Gasteiger partial charge in [0.1, 0.15) is 12.4 Å². The van der Waals surface area contributed by atoms with Gasteiger partial charge in [0, 0.05) is 15.1 Å². The van der Waals surface area contributed by atoms with Crippen LogP contribution in [0.15, 0.2) is 117 Å². The highest BCUT2D eigenvalue weighted by atomic mass is 79.9. The fourth-order valence-corrected chi connectivity index (χ4v) is 5.52. The van der Waals surface area contributed by atoms with Crippen molar-refractivity contribution in [3.05, 3.63) is 140 Å². The number of aliphatic imine (C=N–C) groups is 1. The second-order valence-electron chi connectivity index (χ2n) is 8.67. The van der Waals surface area contributed by atoms with Gasteiger partial charge in [-0.05, 0) is 64.9 Å². The Balaban J connectivity index is 1.43. The van der Waals surface area contributed by atoms with Crippen LogP contribution in [0.5, 0.6) is 5.75 Å². The number of thioether (sulfide) groups is 1. The van der Waals surface area contributed by atoms with Crippen molar-refractivity contribution in [3.63, 3.8) is 0 Å². The Hall–Kier alpha value is -3.32. The van der Waals surface area contributed by atoms with Gasteiger partial charge in [0.25, 0.3) is 5.91 Å². The molecule has 190 valence electrons. The number of hydrogen-bond donors (Lipinski definition) is 0. The highest BCUT2D eigenvalue weighted by Gasteiger charge is 2.33. The summed E-state index contributed by atoms with van der Waals surface area (Å²) in [7, 11) is 0. The van der Waals surface area contributed by atoms with Crippen molar-refractivity contribution >= 4 is 56.4 Å². The average Bonchev–Trinajstić information content (AvgIpc) is 3.22. The van der Waals surface area contributed by atoms with Crippen LogP contribution in [0.1, 0.15) is 22.3 Å². The minimum absolute atomic E-state index is 0.0774. The Labute approximate surface area is 240 Å². The predicted octanol–water partition coefficient (Wildman–Crippen LogP) is 8.35. The van der Waals surface area contributed by atoms with Crippen LogP contribution in [-0.4, -0.2) is 16.0 Å². The maximum atomic E-state index is 13.6. The van der Waals surface area contributed by atoms with Crippen LogP contribution in [0.4, 0.5) is 0 Å². The third kappa shape index (κ3) is 6.76. The third-order valence-corrected chi connectivity index (χ3v) is 7.63. The first-order valence-electron chi connectivity index (χ1n) is 12.1. The van der Waals surface area contributed by atoms with Crippen LogP contribution in [-0.2, 0) is 24.5 Å². The van der Waals surface area contributed by atoms with Crippen molar-refractivity contribution in [2.75, 3.05) is 0 Å². The van der Waals surface area contributed by atoms with Gasteiger partial charge >= 0.3 is 0 Å². The van der Waals surface area contributed by atoms with E-state index in [1.54, 1.807) is 4.90 Å². The topological polar surface area (TPSA) is 41.9 Å². The number of amidine groups is 1. The van der Waals surface area contributed by atoms with Gasteiger partial charge in [-0.1, -0.05) is 100 Å². The molecule has 1 aliphatic heterocycles. The molecule has 0 aromatic heterocycles. The van der Waals surface area contributed by atoms with Gasteiger partial charge in [-0.3, -0.25) is 14.7 Å². The van der Waals surface area contributed by atoms with Gasteiger partial charge in [0.15, 0.2) is 5.17 Å². The SMILES string of the molecule is O=C1/C(=C\c2cc(Br)ccc2OCc2cccc(Cl)c2)SC(=NCc2ccccc2)N1Cc1ccccc1. The molecular weight excluding hydrogens is 580 g/mol. The molecule has 38 heavy (non-hydrogen) atoms. The molecule has 4 aromatic carbocycles. The summed E-state index contributed by atoms with van der Waals surface area (Å²) in [6.07, 6.45) is 1.88. The molecule has 0 saturated carbocycles. The Morgan fingerprint density at radius 2 is 1.58 bits per heavy atom. The molecule has 1 heterocycles. The van der Waals surface area contributed by atoms with Crippen molar-refractivity contribution in [2.24, 2.45) is 4.99 Å². The third-order valence-electron chi connectivity index (χ3n) is 5.85. The van der Waals surface area contributed by atoms with Crippen LogP contribution >= 0.6 is 39.3 Å². The van der Waals surface area contributed by atoms with Crippen molar-refractivity contribution in [2.45, 2.75) is 19.7 Å². The van der Waals surface area contributed by atoms with Crippen LogP contribution in [0, 0.1) is 0 Å². The second kappa shape index (κ2) is 12.5. The van der Waals surface area contributed by atoms with E-state index < -0.39 is 0 Å². The van der Waals surface area contributed by atoms with Crippen molar-refractivity contribution in [3.8, 4) is 5.75 Å². The van der Waals surface area contributed by atoms with Crippen LogP contribution in [0.25, 0.3) is 6.08 Å². The molecule has 4 nitrogen and oxygen atoms in total. The van der Waals surface area contributed by atoms with E-state index in [1.165, 1.54) is 11.8 Å². The lowest BCUT2D eigenvalue weighted by atomic mass is 10.1. The molecule has 0 bridgehead atoms. The number of carbonyl (C=O) groups excluding carboxylic acids is 1. The highest BCUT2D eigenvalue weighted by molar-refractivity contribution is 9.10. The lowest BCUT2D eigenvalue weighted by molar-refractivity contribution is -0.122. The predicted molar refractivity (Wildman–Crippen MR) is 160 cm³/mol. The number of rotatable bonds is 8. The Morgan fingerprint density at radius 3 is 2.32 bits per heavy atom. The van der Waals surface area contributed by atoms with E-state index in [0.29, 0.717) is 40.5 Å². The Kier molecular flexibility index (Phi) is 8.64. The number of halogens is 2. The molecule has 0 radical (unpaired) electrons. The number of nitrogens with zero attached hydrogens (tertiary/aromatic N) is 2. The number of benzene rings is 4. The summed E-state index contributed by atoms with van der Waals surface area (Å²) in [5, 5.41) is 1.35. The van der Waals surface area contributed by atoms with E-state index in [9.17, 15) is 4.79 Å². The van der Waals surface area contributed by atoms with Crippen molar-refractivity contribution in [1.82, 2.24) is 4.90 Å². The van der Waals surface area contributed by atoms with E-state index in [2.05, 4.69) is 15.9 Å². The number of carbonyl (C=O) groups is 1. The monoisotopic (exact) mass is 602 g/mol. The van der Waals surface area contributed by atoms with Crippen molar-refractivity contribution < 1.29 is 9.53 Å². The van der Waals surface area contributed by atoms with Gasteiger partial charge in [-0.2, -0.15) is 0 Å². The molecular formula is C31H24BrClN2O2S. The highest BCUT2D eigenvalue weighted by Crippen LogP contribution is 2.36. The molecule has 0 unspecified atom stereocenters. The molecule has 1 amide bonds. The molecule has 4 aromatic rings. The minimum Gasteiger partial charge on any atom is -0.488 e. The summed E-state index contributed by atoms with van der Waals surface area (Å²) in [5.74, 6) is 0.602. The Bertz CT molecular complexity index is 1490. The van der Waals surface area contributed by atoms with E-state index in [1.807, 2.05) is 109 Å². The number of hydrogen-bond acceptors (Lipinski definition) is 4. The summed E-state index contributed by atoms with van der Waals surface area (Å²) in [6, 6.07) is 33.4. The van der Waals surface area contributed by atoms with Gasteiger partial charge < -0.3 is 4.74 Å². The smallest absolute Gasteiger partial charge is 0.267 e. The quantitative estimate of drug-likeness (QED) is 0.190. The molecule has 1 fully saturated rings. The molecule has 0 spiro atoms. The van der Waals surface area contributed by atoms with Crippen LogP contribution < -0.4 is 4.74 Å². The fraction of sp³-hybridized carbons (Fsp3) is 0.0968. The first-order chi connectivity index (χ1) is 18.5. The second-order valence-corrected chi connectivity index (χ2v) is 11.0. The summed E-state index contributed by atoms with van der Waals surface area (Å²) < 4.78 is 7.04. The van der Waals surface area contributed by atoms with E-state index in [0.717, 1.165) is 26.7 Å². The molecule has 1 saturated heterocycles. The molecule has 0 N–H and O–H groups in total. The number of ether oxygens (including phenoxy) is 1. The minimum atomic E-state index is -0.0774. The molecule has 5 rings (SSSR count). The van der Waals surface area contributed by atoms with E-state index in [4.69, 9.17) is 21.3 Å². The first kappa shape index (κ1) is 26.3. The van der Waals surface area contributed by atoms with Crippen LogP contribution in [0.2, 0.25) is 5.02 Å². The molecule has 0 atom stereocenters. The number of amides is 1. The lowest BCUT2D eigenvalue weighted by Crippen LogP contribution is -2.28. The van der Waals surface area contributed by atoms with E-state index >= 15 is 0 Å². The summed E-state index contributed by atoms with van der Waals surface area (Å²) >= 11 is 11.1. The maximum Gasteiger partial charge on any atom is 0.267 e. The maximum absolute atomic E-state index is 13.6. The van der Waals surface area contributed by atoms with Gasteiger partial charge in [-0.25, -0.2) is 0 Å². The summed E-state index contributed by atoms with van der Waals surface area (Å²) in [6.45, 7) is 1.32. The molecule has 0 aliphatic carbocycles. The lowest BCUT2D eigenvalue weighted by Gasteiger charge is -2.15. The summed E-state index contributed by atoms with van der Waals surface area (Å²) in [4.78, 5) is 20.8. The average molecular weight is 604 g/mol. The van der Waals surface area contributed by atoms with E-state index in [-0.39, 0.29) is 5.91 Å². The van der Waals surface area contributed by atoms with Gasteiger partial charge in [0.05, 0.1) is 18.0 Å². The largest absolute Gasteiger partial charge is 0.488 e. The van der Waals surface area contributed by atoms with Gasteiger partial charge in [-0.15, -0.1) is 0 Å². The zero-order chi connectivity index (χ0) is 26.3. The fourth-order valence-electron chi connectivity index (χ4n) is 3.97.